The summed E-state index contributed by atoms with van der Waals surface area (Å²) in [5.41, 5.74) is 2.00. The Morgan fingerprint density at radius 3 is 2.60 bits per heavy atom. The number of hydrogen-bond acceptors (Lipinski definition) is 3. The van der Waals surface area contributed by atoms with Gasteiger partial charge >= 0.3 is 0 Å². The molecule has 0 radical (unpaired) electrons. The van der Waals surface area contributed by atoms with Crippen LogP contribution in [0.15, 0.2) is 71.7 Å². The Bertz CT molecular complexity index is 868. The van der Waals surface area contributed by atoms with Crippen molar-refractivity contribution in [3.63, 3.8) is 0 Å². The quantitative estimate of drug-likeness (QED) is 0.570. The number of benzene rings is 2. The number of nitrogens with one attached hydrogen (secondary N) is 1. The highest BCUT2D eigenvalue weighted by Crippen LogP contribution is 2.22. The average molecular weight is 348 g/mol. The van der Waals surface area contributed by atoms with Gasteiger partial charge in [0, 0.05) is 21.7 Å². The van der Waals surface area contributed by atoms with Crippen LogP contribution in [-0.2, 0) is 6.42 Å². The molecule has 0 aliphatic heterocycles. The van der Waals surface area contributed by atoms with Gasteiger partial charge in [-0.25, -0.2) is 0 Å². The van der Waals surface area contributed by atoms with Crippen LogP contribution >= 0.6 is 11.3 Å². The van der Waals surface area contributed by atoms with Crippen LogP contribution in [0.3, 0.4) is 0 Å². The number of para-hydroxylation sites is 2. The molecule has 3 aromatic rings. The molecule has 2 aromatic carbocycles. The van der Waals surface area contributed by atoms with Crippen LogP contribution in [0.5, 0.6) is 0 Å². The summed E-state index contributed by atoms with van der Waals surface area (Å²) in [6.07, 6.45) is 4.06. The first-order valence-electron chi connectivity index (χ1n) is 8.34. The zero-order chi connectivity index (χ0) is 17.5. The summed E-state index contributed by atoms with van der Waals surface area (Å²) in [7, 11) is 0. The second-order valence-corrected chi connectivity index (χ2v) is 6.85. The number of aliphatic imine (C=N–C) groups is 1. The predicted octanol–water partition coefficient (Wildman–Crippen LogP) is 5.70. The lowest BCUT2D eigenvalue weighted by Crippen LogP contribution is -2.11. The molecule has 0 aliphatic rings. The second kappa shape index (κ2) is 8.40. The van der Waals surface area contributed by atoms with E-state index in [-0.39, 0.29) is 5.91 Å². The first-order chi connectivity index (χ1) is 12.3. The molecule has 1 N–H and O–H groups in total. The van der Waals surface area contributed by atoms with Gasteiger partial charge in [0.05, 0.1) is 11.3 Å². The van der Waals surface area contributed by atoms with E-state index in [0.717, 1.165) is 23.4 Å². The number of carbonyl (C=O) groups is 1. The molecule has 3 nitrogen and oxygen atoms in total. The molecule has 0 spiro atoms. The van der Waals surface area contributed by atoms with Crippen molar-refractivity contribution in [1.29, 1.82) is 0 Å². The first-order valence-corrected chi connectivity index (χ1v) is 9.16. The fraction of sp³-hybridized carbons (Fsp3) is 0.143. The molecule has 0 saturated carbocycles. The Hall–Kier alpha value is -2.72. The van der Waals surface area contributed by atoms with Gasteiger partial charge in [-0.05, 0) is 42.8 Å². The minimum absolute atomic E-state index is 0.156. The number of anilines is 1. The monoisotopic (exact) mass is 348 g/mol. The molecular weight excluding hydrogens is 328 g/mol. The summed E-state index contributed by atoms with van der Waals surface area (Å²) in [4.78, 5) is 19.5. The standard InChI is InChI=1S/C21H20N2OS/c1-2-8-17-13-14-18(25-17)15-22-20-12-7-6-11-19(20)21(24)23-16-9-4-3-5-10-16/h3-7,9-15H,2,8H2,1H3,(H,23,24)/b22-15+. The number of hydrogen-bond donors (Lipinski definition) is 1. The van der Waals surface area contributed by atoms with Crippen LogP contribution in [0.1, 0.15) is 33.5 Å². The highest BCUT2D eigenvalue weighted by molar-refractivity contribution is 7.13. The van der Waals surface area contributed by atoms with E-state index in [9.17, 15) is 4.79 Å². The molecular formula is C21H20N2OS. The third-order valence-electron chi connectivity index (χ3n) is 3.69. The number of aryl methyl sites for hydroxylation is 1. The van der Waals surface area contributed by atoms with Gasteiger partial charge < -0.3 is 5.32 Å². The highest BCUT2D eigenvalue weighted by atomic mass is 32.1. The van der Waals surface area contributed by atoms with Crippen LogP contribution in [0.2, 0.25) is 0 Å². The lowest BCUT2D eigenvalue weighted by Gasteiger charge is -2.07. The van der Waals surface area contributed by atoms with Crippen molar-refractivity contribution >= 4 is 34.8 Å². The van der Waals surface area contributed by atoms with Crippen molar-refractivity contribution < 1.29 is 4.79 Å². The van der Waals surface area contributed by atoms with Crippen molar-refractivity contribution in [2.75, 3.05) is 5.32 Å². The Balaban J connectivity index is 1.78. The second-order valence-electron chi connectivity index (χ2n) is 5.65. The van der Waals surface area contributed by atoms with E-state index in [4.69, 9.17) is 0 Å². The summed E-state index contributed by atoms with van der Waals surface area (Å²) in [6, 6.07) is 21.0. The van der Waals surface area contributed by atoms with E-state index in [1.807, 2.05) is 54.7 Å². The molecule has 0 atom stereocenters. The van der Waals surface area contributed by atoms with Crippen molar-refractivity contribution in [3.8, 4) is 0 Å². The Morgan fingerprint density at radius 2 is 1.80 bits per heavy atom. The van der Waals surface area contributed by atoms with E-state index in [0.29, 0.717) is 11.3 Å². The van der Waals surface area contributed by atoms with Crippen molar-refractivity contribution in [2.24, 2.45) is 4.99 Å². The van der Waals surface area contributed by atoms with Crippen molar-refractivity contribution in [1.82, 2.24) is 0 Å². The molecule has 126 valence electrons. The molecule has 3 rings (SSSR count). The van der Waals surface area contributed by atoms with Gasteiger partial charge in [-0.2, -0.15) is 0 Å². The molecule has 25 heavy (non-hydrogen) atoms. The van der Waals surface area contributed by atoms with Crippen LogP contribution in [0.4, 0.5) is 11.4 Å². The molecule has 1 amide bonds. The van der Waals surface area contributed by atoms with Gasteiger partial charge in [-0.1, -0.05) is 43.7 Å². The van der Waals surface area contributed by atoms with E-state index < -0.39 is 0 Å². The summed E-state index contributed by atoms with van der Waals surface area (Å²) < 4.78 is 0. The smallest absolute Gasteiger partial charge is 0.257 e. The normalized spacial score (nSPS) is 10.9. The van der Waals surface area contributed by atoms with Gasteiger partial charge in [0.2, 0.25) is 0 Å². The Kier molecular flexibility index (Phi) is 5.75. The molecule has 1 heterocycles. The van der Waals surface area contributed by atoms with E-state index in [2.05, 4.69) is 29.4 Å². The Morgan fingerprint density at radius 1 is 1.04 bits per heavy atom. The highest BCUT2D eigenvalue weighted by Gasteiger charge is 2.10. The number of rotatable bonds is 6. The van der Waals surface area contributed by atoms with E-state index in [1.165, 1.54) is 4.88 Å². The summed E-state index contributed by atoms with van der Waals surface area (Å²) >= 11 is 1.74. The van der Waals surface area contributed by atoms with Crippen LogP contribution < -0.4 is 5.32 Å². The van der Waals surface area contributed by atoms with E-state index >= 15 is 0 Å². The average Bonchev–Trinajstić information content (AvgIpc) is 3.09. The minimum Gasteiger partial charge on any atom is -0.322 e. The van der Waals surface area contributed by atoms with Crippen molar-refractivity contribution in [3.05, 3.63) is 82.0 Å². The summed E-state index contributed by atoms with van der Waals surface area (Å²) in [5.74, 6) is -0.156. The van der Waals surface area contributed by atoms with Crippen LogP contribution in [-0.4, -0.2) is 12.1 Å². The SMILES string of the molecule is CCCc1ccc(/C=N/c2ccccc2C(=O)Nc2ccccc2)s1. The number of carbonyl (C=O) groups excluding carboxylic acids is 1. The van der Waals surface area contributed by atoms with Gasteiger partial charge in [-0.3, -0.25) is 9.79 Å². The van der Waals surface area contributed by atoms with Crippen LogP contribution in [0.25, 0.3) is 0 Å². The van der Waals surface area contributed by atoms with Gasteiger partial charge in [0.1, 0.15) is 0 Å². The summed E-state index contributed by atoms with van der Waals surface area (Å²) in [6.45, 7) is 2.18. The van der Waals surface area contributed by atoms with Gasteiger partial charge in [0.15, 0.2) is 0 Å². The molecule has 0 fully saturated rings. The fourth-order valence-electron chi connectivity index (χ4n) is 2.48. The fourth-order valence-corrected chi connectivity index (χ4v) is 3.46. The molecule has 0 aliphatic carbocycles. The third kappa shape index (κ3) is 4.64. The summed E-state index contributed by atoms with van der Waals surface area (Å²) in [5, 5.41) is 2.91. The maximum Gasteiger partial charge on any atom is 0.257 e. The molecule has 0 unspecified atom stereocenters. The Labute approximate surface area is 152 Å². The molecule has 0 saturated heterocycles. The predicted molar refractivity (Wildman–Crippen MR) is 106 cm³/mol. The van der Waals surface area contributed by atoms with Gasteiger partial charge in [0.25, 0.3) is 5.91 Å². The number of amides is 1. The topological polar surface area (TPSA) is 41.5 Å². The molecule has 0 bridgehead atoms. The number of nitrogens with zero attached hydrogens (tertiary/aromatic N) is 1. The first kappa shape index (κ1) is 17.1. The zero-order valence-electron chi connectivity index (χ0n) is 14.1. The zero-order valence-corrected chi connectivity index (χ0v) is 14.9. The van der Waals surface area contributed by atoms with Gasteiger partial charge in [-0.15, -0.1) is 11.3 Å². The number of thiophene rings is 1. The molecule has 4 heteroatoms. The minimum atomic E-state index is -0.156. The largest absolute Gasteiger partial charge is 0.322 e. The lowest BCUT2D eigenvalue weighted by molar-refractivity contribution is 0.102. The van der Waals surface area contributed by atoms with Crippen LogP contribution in [0, 0.1) is 0 Å². The van der Waals surface area contributed by atoms with Crippen molar-refractivity contribution in [2.45, 2.75) is 19.8 Å². The maximum atomic E-state index is 12.6. The third-order valence-corrected chi connectivity index (χ3v) is 4.77. The maximum absolute atomic E-state index is 12.6. The van der Waals surface area contributed by atoms with E-state index in [1.54, 1.807) is 17.4 Å². The molecule has 1 aromatic heterocycles. The lowest BCUT2D eigenvalue weighted by atomic mass is 10.1.